The van der Waals surface area contributed by atoms with Crippen molar-refractivity contribution in [1.29, 1.82) is 0 Å². The van der Waals surface area contributed by atoms with Crippen LogP contribution in [-0.2, 0) is 0 Å². The molecule has 0 aliphatic heterocycles. The normalized spacial score (nSPS) is 18.2. The van der Waals surface area contributed by atoms with Crippen molar-refractivity contribution in [1.82, 2.24) is 10.3 Å². The Balaban J connectivity index is 2.14. The standard InChI is InChI=1S/C15H27N3S/c1-11(2)10-18(13-7-5-6-8-13)15-17-9-14(19-15)12(3)16-4/h9,11-13,16H,5-8,10H2,1-4H3. The first-order chi connectivity index (χ1) is 9.11. The van der Waals surface area contributed by atoms with Gasteiger partial charge >= 0.3 is 0 Å². The lowest BCUT2D eigenvalue weighted by molar-refractivity contribution is 0.535. The molecule has 0 aromatic carbocycles. The summed E-state index contributed by atoms with van der Waals surface area (Å²) in [5.41, 5.74) is 0. The van der Waals surface area contributed by atoms with Gasteiger partial charge in [-0.1, -0.05) is 26.7 Å². The van der Waals surface area contributed by atoms with E-state index < -0.39 is 0 Å². The largest absolute Gasteiger partial charge is 0.345 e. The fourth-order valence-corrected chi connectivity index (χ4v) is 3.80. The molecule has 0 bridgehead atoms. The van der Waals surface area contributed by atoms with E-state index in [1.165, 1.54) is 35.7 Å². The SMILES string of the molecule is CNC(C)c1cnc(N(CC(C)C)C2CCCC2)s1. The molecule has 1 atom stereocenters. The molecule has 0 saturated heterocycles. The zero-order valence-corrected chi connectivity index (χ0v) is 13.5. The first kappa shape index (κ1) is 14.8. The second-order valence-corrected chi connectivity index (χ2v) is 7.08. The Morgan fingerprint density at radius 2 is 2.05 bits per heavy atom. The third kappa shape index (κ3) is 3.69. The fourth-order valence-electron chi connectivity index (χ4n) is 2.74. The van der Waals surface area contributed by atoms with E-state index in [1.54, 1.807) is 0 Å². The van der Waals surface area contributed by atoms with Crippen molar-refractivity contribution < 1.29 is 0 Å². The van der Waals surface area contributed by atoms with Crippen molar-refractivity contribution in [2.45, 2.75) is 58.5 Å². The minimum absolute atomic E-state index is 0.399. The number of hydrogen-bond acceptors (Lipinski definition) is 4. The number of thiazole rings is 1. The maximum atomic E-state index is 4.69. The summed E-state index contributed by atoms with van der Waals surface area (Å²) in [6.45, 7) is 7.92. The first-order valence-corrected chi connectivity index (χ1v) is 8.33. The monoisotopic (exact) mass is 281 g/mol. The predicted octanol–water partition coefficient (Wildman–Crippen LogP) is 3.83. The number of nitrogens with one attached hydrogen (secondary N) is 1. The molecule has 2 rings (SSSR count). The Hall–Kier alpha value is -0.610. The molecule has 0 spiro atoms. The molecule has 19 heavy (non-hydrogen) atoms. The van der Waals surface area contributed by atoms with Gasteiger partial charge in [0.1, 0.15) is 0 Å². The summed E-state index contributed by atoms with van der Waals surface area (Å²) in [5.74, 6) is 0.690. The fraction of sp³-hybridized carbons (Fsp3) is 0.800. The molecule has 1 aliphatic rings. The molecule has 1 unspecified atom stereocenters. The molecule has 108 valence electrons. The Kier molecular flexibility index (Phi) is 5.22. The van der Waals surface area contributed by atoms with Crippen LogP contribution >= 0.6 is 11.3 Å². The van der Waals surface area contributed by atoms with E-state index in [4.69, 9.17) is 0 Å². The highest BCUT2D eigenvalue weighted by molar-refractivity contribution is 7.15. The Morgan fingerprint density at radius 3 is 2.63 bits per heavy atom. The summed E-state index contributed by atoms with van der Waals surface area (Å²) >= 11 is 1.85. The summed E-state index contributed by atoms with van der Waals surface area (Å²) in [6, 6.07) is 1.11. The van der Waals surface area contributed by atoms with Gasteiger partial charge in [-0.3, -0.25) is 0 Å². The van der Waals surface area contributed by atoms with Gasteiger partial charge in [0.05, 0.1) is 0 Å². The summed E-state index contributed by atoms with van der Waals surface area (Å²) in [7, 11) is 2.01. The summed E-state index contributed by atoms with van der Waals surface area (Å²) in [6.07, 6.45) is 7.48. The lowest BCUT2D eigenvalue weighted by Gasteiger charge is -2.30. The average molecular weight is 281 g/mol. The van der Waals surface area contributed by atoms with Crippen LogP contribution in [0.2, 0.25) is 0 Å². The van der Waals surface area contributed by atoms with Crippen LogP contribution in [0, 0.1) is 5.92 Å². The van der Waals surface area contributed by atoms with Gasteiger partial charge in [0.15, 0.2) is 5.13 Å². The van der Waals surface area contributed by atoms with E-state index in [0.29, 0.717) is 18.0 Å². The minimum Gasteiger partial charge on any atom is -0.345 e. The third-order valence-corrected chi connectivity index (χ3v) is 5.16. The Labute approximate surface area is 121 Å². The second-order valence-electron chi connectivity index (χ2n) is 6.04. The lowest BCUT2D eigenvalue weighted by atomic mass is 10.1. The maximum absolute atomic E-state index is 4.69. The van der Waals surface area contributed by atoms with E-state index in [2.05, 4.69) is 36.0 Å². The lowest BCUT2D eigenvalue weighted by Crippen LogP contribution is -2.36. The molecule has 4 heteroatoms. The zero-order chi connectivity index (χ0) is 13.8. The average Bonchev–Trinajstić information content (AvgIpc) is 3.05. The smallest absolute Gasteiger partial charge is 0.185 e. The van der Waals surface area contributed by atoms with Crippen molar-refractivity contribution in [3.63, 3.8) is 0 Å². The predicted molar refractivity (Wildman–Crippen MR) is 84.0 cm³/mol. The van der Waals surface area contributed by atoms with E-state index in [1.807, 2.05) is 24.6 Å². The molecule has 1 N–H and O–H groups in total. The van der Waals surface area contributed by atoms with Gasteiger partial charge in [-0.05, 0) is 32.7 Å². The van der Waals surface area contributed by atoms with Gasteiger partial charge < -0.3 is 10.2 Å². The van der Waals surface area contributed by atoms with Crippen LogP contribution < -0.4 is 10.2 Å². The van der Waals surface area contributed by atoms with Crippen LogP contribution in [-0.4, -0.2) is 24.6 Å². The molecule has 1 fully saturated rings. The molecule has 1 aromatic heterocycles. The third-order valence-electron chi connectivity index (χ3n) is 3.94. The van der Waals surface area contributed by atoms with E-state index in [-0.39, 0.29) is 0 Å². The van der Waals surface area contributed by atoms with Gasteiger partial charge in [0.25, 0.3) is 0 Å². The summed E-state index contributed by atoms with van der Waals surface area (Å²) in [4.78, 5) is 8.59. The van der Waals surface area contributed by atoms with Crippen molar-refractivity contribution in [3.8, 4) is 0 Å². The molecule has 1 aromatic rings. The van der Waals surface area contributed by atoms with Crippen molar-refractivity contribution in [3.05, 3.63) is 11.1 Å². The van der Waals surface area contributed by atoms with E-state index in [9.17, 15) is 0 Å². The number of nitrogens with zero attached hydrogens (tertiary/aromatic N) is 2. The van der Waals surface area contributed by atoms with Gasteiger partial charge in [-0.2, -0.15) is 0 Å². The van der Waals surface area contributed by atoms with Crippen molar-refractivity contribution in [2.24, 2.45) is 5.92 Å². The minimum atomic E-state index is 0.399. The maximum Gasteiger partial charge on any atom is 0.185 e. The van der Waals surface area contributed by atoms with Crippen LogP contribution in [0.1, 0.15) is 57.4 Å². The van der Waals surface area contributed by atoms with Crippen molar-refractivity contribution >= 4 is 16.5 Å². The quantitative estimate of drug-likeness (QED) is 0.859. The number of anilines is 1. The molecule has 0 radical (unpaired) electrons. The summed E-state index contributed by atoms with van der Waals surface area (Å²) < 4.78 is 0. The van der Waals surface area contributed by atoms with Gasteiger partial charge in [0, 0.05) is 29.7 Å². The first-order valence-electron chi connectivity index (χ1n) is 7.51. The number of hydrogen-bond donors (Lipinski definition) is 1. The molecule has 1 aliphatic carbocycles. The topological polar surface area (TPSA) is 28.2 Å². The Bertz CT molecular complexity index is 382. The number of rotatable bonds is 6. The number of aromatic nitrogens is 1. The second kappa shape index (κ2) is 6.71. The van der Waals surface area contributed by atoms with Crippen LogP contribution in [0.4, 0.5) is 5.13 Å². The van der Waals surface area contributed by atoms with Gasteiger partial charge in [-0.25, -0.2) is 4.98 Å². The molecule has 1 saturated carbocycles. The van der Waals surface area contributed by atoms with Crippen molar-refractivity contribution in [2.75, 3.05) is 18.5 Å². The van der Waals surface area contributed by atoms with Gasteiger partial charge in [-0.15, -0.1) is 11.3 Å². The summed E-state index contributed by atoms with van der Waals surface area (Å²) in [5, 5.41) is 4.52. The highest BCUT2D eigenvalue weighted by Crippen LogP contribution is 2.33. The van der Waals surface area contributed by atoms with Crippen LogP contribution in [0.15, 0.2) is 6.20 Å². The molecule has 3 nitrogen and oxygen atoms in total. The Morgan fingerprint density at radius 1 is 1.37 bits per heavy atom. The van der Waals surface area contributed by atoms with Crippen LogP contribution in [0.25, 0.3) is 0 Å². The highest BCUT2D eigenvalue weighted by atomic mass is 32.1. The molecular weight excluding hydrogens is 254 g/mol. The van der Waals surface area contributed by atoms with E-state index >= 15 is 0 Å². The van der Waals surface area contributed by atoms with E-state index in [0.717, 1.165) is 6.54 Å². The van der Waals surface area contributed by atoms with Crippen LogP contribution in [0.5, 0.6) is 0 Å². The molecular formula is C15H27N3S. The molecule has 0 amide bonds. The molecule has 1 heterocycles. The van der Waals surface area contributed by atoms with Gasteiger partial charge in [0.2, 0.25) is 0 Å². The van der Waals surface area contributed by atoms with Crippen LogP contribution in [0.3, 0.4) is 0 Å². The highest BCUT2D eigenvalue weighted by Gasteiger charge is 2.25. The zero-order valence-electron chi connectivity index (χ0n) is 12.6.